The molecular weight excluding hydrogens is 220 g/mol. The van der Waals surface area contributed by atoms with Crippen LogP contribution >= 0.6 is 0 Å². The van der Waals surface area contributed by atoms with E-state index in [-0.39, 0.29) is 18.4 Å². The minimum atomic E-state index is -0.488. The van der Waals surface area contributed by atoms with E-state index in [1.54, 1.807) is 34.7 Å². The summed E-state index contributed by atoms with van der Waals surface area (Å²) in [7, 11) is 1.66. The van der Waals surface area contributed by atoms with Gasteiger partial charge in [0.05, 0.1) is 12.6 Å². The van der Waals surface area contributed by atoms with Crippen molar-refractivity contribution in [3.63, 3.8) is 0 Å². The van der Waals surface area contributed by atoms with Crippen LogP contribution in [0.5, 0.6) is 0 Å². The largest absolute Gasteiger partial charge is 0.393 e. The molecule has 0 aliphatic heterocycles. The molecule has 2 amide bonds. The van der Waals surface area contributed by atoms with Crippen LogP contribution in [0.2, 0.25) is 0 Å². The highest BCUT2D eigenvalue weighted by Gasteiger charge is 2.21. The first-order valence-electron chi connectivity index (χ1n) is 5.85. The van der Waals surface area contributed by atoms with Gasteiger partial charge in [-0.3, -0.25) is 9.59 Å². The number of hydrogen-bond donors (Lipinski definition) is 2. The van der Waals surface area contributed by atoms with E-state index in [4.69, 9.17) is 5.11 Å². The number of aliphatic hydroxyl groups excluding tert-OH is 1. The number of likely N-dealkylation sites (N-methyl/N-ethyl adjacent to an activating group) is 1. The first-order valence-corrected chi connectivity index (χ1v) is 5.85. The van der Waals surface area contributed by atoms with Crippen molar-refractivity contribution in [2.45, 2.75) is 40.2 Å². The molecule has 17 heavy (non-hydrogen) atoms. The van der Waals surface area contributed by atoms with Gasteiger partial charge in [0.1, 0.15) is 0 Å². The normalized spacial score (nSPS) is 13.1. The zero-order valence-corrected chi connectivity index (χ0v) is 11.4. The Morgan fingerprint density at radius 2 is 1.88 bits per heavy atom. The lowest BCUT2D eigenvalue weighted by Gasteiger charge is -2.21. The first kappa shape index (κ1) is 15.9. The SMILES string of the molecule is CC(O)CCN(C)C(=O)CNC(=O)C(C)(C)C. The third-order valence-electron chi connectivity index (χ3n) is 2.39. The lowest BCUT2D eigenvalue weighted by atomic mass is 9.96. The highest BCUT2D eigenvalue weighted by atomic mass is 16.3. The van der Waals surface area contributed by atoms with Crippen molar-refractivity contribution in [1.82, 2.24) is 10.2 Å². The van der Waals surface area contributed by atoms with Gasteiger partial charge in [-0.05, 0) is 13.3 Å². The molecule has 0 heterocycles. The molecule has 0 fully saturated rings. The van der Waals surface area contributed by atoms with E-state index in [1.807, 2.05) is 0 Å². The molecule has 0 saturated carbocycles. The van der Waals surface area contributed by atoms with Crippen molar-refractivity contribution >= 4 is 11.8 Å². The second-order valence-electron chi connectivity index (χ2n) is 5.39. The summed E-state index contributed by atoms with van der Waals surface area (Å²) in [6, 6.07) is 0. The molecule has 5 nitrogen and oxygen atoms in total. The minimum Gasteiger partial charge on any atom is -0.393 e. The zero-order chi connectivity index (χ0) is 13.6. The van der Waals surface area contributed by atoms with Gasteiger partial charge in [0.15, 0.2) is 0 Å². The molecule has 1 atom stereocenters. The van der Waals surface area contributed by atoms with Crippen LogP contribution in [0.15, 0.2) is 0 Å². The monoisotopic (exact) mass is 244 g/mol. The summed E-state index contributed by atoms with van der Waals surface area (Å²) in [6.45, 7) is 7.56. The van der Waals surface area contributed by atoms with Crippen LogP contribution in [0.3, 0.4) is 0 Å². The standard InChI is InChI=1S/C12H24N2O3/c1-9(15)6-7-14(5)10(16)8-13-11(17)12(2,3)4/h9,15H,6-8H2,1-5H3,(H,13,17). The summed E-state index contributed by atoms with van der Waals surface area (Å²) < 4.78 is 0. The second kappa shape index (κ2) is 6.59. The Balaban J connectivity index is 3.98. The maximum atomic E-state index is 11.6. The summed E-state index contributed by atoms with van der Waals surface area (Å²) in [5.41, 5.74) is -0.488. The van der Waals surface area contributed by atoms with E-state index in [0.717, 1.165) is 0 Å². The smallest absolute Gasteiger partial charge is 0.241 e. The van der Waals surface area contributed by atoms with Gasteiger partial charge in [-0.25, -0.2) is 0 Å². The van der Waals surface area contributed by atoms with Crippen LogP contribution < -0.4 is 5.32 Å². The van der Waals surface area contributed by atoms with Crippen LogP contribution in [-0.4, -0.2) is 48.1 Å². The van der Waals surface area contributed by atoms with Gasteiger partial charge in [0.25, 0.3) is 0 Å². The predicted octanol–water partition coefficient (Wildman–Crippen LogP) is 0.378. The third-order valence-corrected chi connectivity index (χ3v) is 2.39. The van der Waals surface area contributed by atoms with Gasteiger partial charge in [-0.1, -0.05) is 20.8 Å². The van der Waals surface area contributed by atoms with Crippen LogP contribution in [0.1, 0.15) is 34.1 Å². The number of rotatable bonds is 5. The molecule has 0 aromatic carbocycles. The molecule has 0 saturated heterocycles. The van der Waals surface area contributed by atoms with E-state index < -0.39 is 11.5 Å². The average Bonchev–Trinajstić information content (AvgIpc) is 2.20. The van der Waals surface area contributed by atoms with Crippen LogP contribution in [0, 0.1) is 5.41 Å². The number of hydrogen-bond acceptors (Lipinski definition) is 3. The molecule has 1 unspecified atom stereocenters. The number of carbonyl (C=O) groups is 2. The Morgan fingerprint density at radius 3 is 2.29 bits per heavy atom. The Hall–Kier alpha value is -1.10. The Morgan fingerprint density at radius 1 is 1.35 bits per heavy atom. The van der Waals surface area contributed by atoms with Crippen molar-refractivity contribution in [3.8, 4) is 0 Å². The van der Waals surface area contributed by atoms with Gasteiger partial charge in [-0.15, -0.1) is 0 Å². The molecule has 0 radical (unpaired) electrons. The molecule has 0 aliphatic rings. The second-order valence-corrected chi connectivity index (χ2v) is 5.39. The van der Waals surface area contributed by atoms with Crippen LogP contribution in [0.4, 0.5) is 0 Å². The van der Waals surface area contributed by atoms with E-state index in [1.165, 1.54) is 4.90 Å². The Bertz CT molecular complexity index is 269. The third kappa shape index (κ3) is 6.94. The van der Waals surface area contributed by atoms with E-state index in [9.17, 15) is 9.59 Å². The number of aliphatic hydroxyl groups is 1. The summed E-state index contributed by atoms with van der Waals surface area (Å²) in [6.07, 6.45) is 0.115. The molecule has 0 aromatic rings. The molecular formula is C12H24N2O3. The predicted molar refractivity (Wildman–Crippen MR) is 66.4 cm³/mol. The van der Waals surface area contributed by atoms with Crippen molar-refractivity contribution in [1.29, 1.82) is 0 Å². The van der Waals surface area contributed by atoms with Gasteiger partial charge in [0.2, 0.25) is 11.8 Å². The lowest BCUT2D eigenvalue weighted by Crippen LogP contribution is -2.42. The summed E-state index contributed by atoms with van der Waals surface area (Å²) in [5.74, 6) is -0.293. The van der Waals surface area contributed by atoms with Crippen molar-refractivity contribution in [2.75, 3.05) is 20.1 Å². The average molecular weight is 244 g/mol. The van der Waals surface area contributed by atoms with E-state index in [0.29, 0.717) is 13.0 Å². The highest BCUT2D eigenvalue weighted by Crippen LogP contribution is 2.11. The van der Waals surface area contributed by atoms with Crippen molar-refractivity contribution < 1.29 is 14.7 Å². The summed E-state index contributed by atoms with van der Waals surface area (Å²) in [4.78, 5) is 24.7. The van der Waals surface area contributed by atoms with Crippen molar-refractivity contribution in [3.05, 3.63) is 0 Å². The fourth-order valence-electron chi connectivity index (χ4n) is 1.06. The Kier molecular flexibility index (Phi) is 6.16. The van der Waals surface area contributed by atoms with Crippen LogP contribution in [0.25, 0.3) is 0 Å². The van der Waals surface area contributed by atoms with E-state index in [2.05, 4.69) is 5.32 Å². The van der Waals surface area contributed by atoms with E-state index >= 15 is 0 Å². The molecule has 2 N–H and O–H groups in total. The highest BCUT2D eigenvalue weighted by molar-refractivity contribution is 5.87. The maximum absolute atomic E-state index is 11.6. The fraction of sp³-hybridized carbons (Fsp3) is 0.833. The number of carbonyl (C=O) groups excluding carboxylic acids is 2. The topological polar surface area (TPSA) is 69.6 Å². The molecule has 0 aliphatic carbocycles. The van der Waals surface area contributed by atoms with Crippen molar-refractivity contribution in [2.24, 2.45) is 5.41 Å². The maximum Gasteiger partial charge on any atom is 0.241 e. The summed E-state index contributed by atoms with van der Waals surface area (Å²) >= 11 is 0. The number of nitrogens with one attached hydrogen (secondary N) is 1. The Labute approximate surface area is 103 Å². The molecule has 5 heteroatoms. The molecule has 100 valence electrons. The van der Waals surface area contributed by atoms with Gasteiger partial charge in [0, 0.05) is 19.0 Å². The minimum absolute atomic E-state index is 0.00636. The summed E-state index contributed by atoms with van der Waals surface area (Å²) in [5, 5.41) is 11.7. The number of amides is 2. The quantitative estimate of drug-likeness (QED) is 0.734. The number of nitrogens with zero attached hydrogens (tertiary/aromatic N) is 1. The van der Waals surface area contributed by atoms with Crippen LogP contribution in [-0.2, 0) is 9.59 Å². The van der Waals surface area contributed by atoms with Gasteiger partial charge in [-0.2, -0.15) is 0 Å². The zero-order valence-electron chi connectivity index (χ0n) is 11.4. The molecule has 0 aromatic heterocycles. The van der Waals surface area contributed by atoms with Gasteiger partial charge >= 0.3 is 0 Å². The fourth-order valence-corrected chi connectivity index (χ4v) is 1.06. The first-order chi connectivity index (χ1) is 7.64. The lowest BCUT2D eigenvalue weighted by molar-refractivity contribution is -0.134. The van der Waals surface area contributed by atoms with Gasteiger partial charge < -0.3 is 15.3 Å². The molecule has 0 bridgehead atoms. The molecule has 0 rings (SSSR count). The molecule has 0 spiro atoms.